The van der Waals surface area contributed by atoms with Crippen LogP contribution in [-0.2, 0) is 4.74 Å². The highest BCUT2D eigenvalue weighted by atomic mass is 16.5. The summed E-state index contributed by atoms with van der Waals surface area (Å²) in [6.45, 7) is 8.20. The van der Waals surface area contributed by atoms with E-state index >= 15 is 0 Å². The van der Waals surface area contributed by atoms with Gasteiger partial charge in [-0.2, -0.15) is 0 Å². The normalized spacial score (nSPS) is 28.5. The summed E-state index contributed by atoms with van der Waals surface area (Å²) in [5.41, 5.74) is 6.39. The second-order valence-corrected chi connectivity index (χ2v) is 6.61. The summed E-state index contributed by atoms with van der Waals surface area (Å²) >= 11 is 0. The molecule has 2 rings (SSSR count). The van der Waals surface area contributed by atoms with Gasteiger partial charge < -0.3 is 10.5 Å². The maximum absolute atomic E-state index is 6.17. The third-order valence-electron chi connectivity index (χ3n) is 5.37. The van der Waals surface area contributed by atoms with Gasteiger partial charge in [-0.3, -0.25) is 9.80 Å². The van der Waals surface area contributed by atoms with Crippen molar-refractivity contribution in [3.8, 4) is 0 Å². The molecule has 0 aromatic carbocycles. The molecule has 1 saturated carbocycles. The van der Waals surface area contributed by atoms with Gasteiger partial charge in [-0.1, -0.05) is 32.6 Å². The molecule has 0 aromatic heterocycles. The third-order valence-corrected chi connectivity index (χ3v) is 5.37. The van der Waals surface area contributed by atoms with Gasteiger partial charge in [-0.15, -0.1) is 0 Å². The van der Waals surface area contributed by atoms with Gasteiger partial charge in [-0.25, -0.2) is 0 Å². The van der Waals surface area contributed by atoms with E-state index in [1.165, 1.54) is 38.5 Å². The maximum Gasteiger partial charge on any atom is 0.0829 e. The van der Waals surface area contributed by atoms with Gasteiger partial charge in [0.15, 0.2) is 0 Å². The molecule has 1 atom stereocenters. The first-order valence-electron chi connectivity index (χ1n) is 8.45. The van der Waals surface area contributed by atoms with Gasteiger partial charge in [-0.05, 0) is 26.4 Å². The molecule has 0 amide bonds. The van der Waals surface area contributed by atoms with Crippen molar-refractivity contribution in [3.05, 3.63) is 0 Å². The number of hydrogen-bond donors (Lipinski definition) is 1. The lowest BCUT2D eigenvalue weighted by Gasteiger charge is -2.44. The van der Waals surface area contributed by atoms with Crippen LogP contribution in [0.4, 0.5) is 0 Å². The predicted molar refractivity (Wildman–Crippen MR) is 84.0 cm³/mol. The summed E-state index contributed by atoms with van der Waals surface area (Å²) in [7, 11) is 2.26. The van der Waals surface area contributed by atoms with Crippen LogP contribution in [0.15, 0.2) is 0 Å². The fourth-order valence-corrected chi connectivity index (χ4v) is 3.81. The van der Waals surface area contributed by atoms with E-state index in [1.807, 2.05) is 0 Å². The fraction of sp³-hybridized carbons (Fsp3) is 1.00. The van der Waals surface area contributed by atoms with Crippen molar-refractivity contribution in [1.82, 2.24) is 9.80 Å². The number of hydrogen-bond acceptors (Lipinski definition) is 4. The van der Waals surface area contributed by atoms with E-state index in [-0.39, 0.29) is 5.54 Å². The van der Waals surface area contributed by atoms with E-state index in [0.29, 0.717) is 6.10 Å². The summed E-state index contributed by atoms with van der Waals surface area (Å²) in [6.07, 6.45) is 8.26. The fourth-order valence-electron chi connectivity index (χ4n) is 3.81. The lowest BCUT2D eigenvalue weighted by molar-refractivity contribution is -0.0545. The van der Waals surface area contributed by atoms with Crippen LogP contribution < -0.4 is 5.73 Å². The van der Waals surface area contributed by atoms with Crippen molar-refractivity contribution in [2.24, 2.45) is 5.73 Å². The minimum Gasteiger partial charge on any atom is -0.374 e. The molecule has 1 unspecified atom stereocenters. The van der Waals surface area contributed by atoms with Crippen molar-refractivity contribution >= 4 is 0 Å². The number of ether oxygens (including phenoxy) is 1. The van der Waals surface area contributed by atoms with Crippen LogP contribution in [0, 0.1) is 0 Å². The molecule has 20 heavy (non-hydrogen) atoms. The van der Waals surface area contributed by atoms with Gasteiger partial charge >= 0.3 is 0 Å². The molecule has 0 radical (unpaired) electrons. The Labute approximate surface area is 124 Å². The highest BCUT2D eigenvalue weighted by molar-refractivity contribution is 4.93. The summed E-state index contributed by atoms with van der Waals surface area (Å²) in [5, 5.41) is 0. The van der Waals surface area contributed by atoms with Crippen molar-refractivity contribution in [2.75, 3.05) is 46.4 Å². The van der Waals surface area contributed by atoms with E-state index in [0.717, 1.165) is 39.3 Å². The zero-order chi connectivity index (χ0) is 14.4. The molecular weight excluding hydrogens is 250 g/mol. The average Bonchev–Trinajstić information content (AvgIpc) is 2.74. The van der Waals surface area contributed by atoms with Gasteiger partial charge in [0.2, 0.25) is 0 Å². The predicted octanol–water partition coefficient (Wildman–Crippen LogP) is 1.69. The summed E-state index contributed by atoms with van der Waals surface area (Å²) in [5.74, 6) is 0. The standard InChI is InChI=1S/C16H33N3O/c1-3-19-10-11-20-15(13-19)12-18(2)16(14-17)8-6-4-5-7-9-16/h15H,3-14,17H2,1-2H3. The smallest absolute Gasteiger partial charge is 0.0829 e. The maximum atomic E-state index is 6.17. The molecule has 2 aliphatic rings. The molecule has 0 aromatic rings. The van der Waals surface area contributed by atoms with Crippen LogP contribution in [0.3, 0.4) is 0 Å². The molecule has 4 heteroatoms. The number of morpholine rings is 1. The lowest BCUT2D eigenvalue weighted by atomic mass is 9.88. The Kier molecular flexibility index (Phi) is 6.27. The zero-order valence-corrected chi connectivity index (χ0v) is 13.4. The summed E-state index contributed by atoms with van der Waals surface area (Å²) in [4.78, 5) is 5.01. The summed E-state index contributed by atoms with van der Waals surface area (Å²) < 4.78 is 5.97. The first-order chi connectivity index (χ1) is 9.70. The van der Waals surface area contributed by atoms with E-state index < -0.39 is 0 Å². The first kappa shape index (κ1) is 16.2. The molecule has 1 aliphatic carbocycles. The molecule has 0 bridgehead atoms. The SMILES string of the molecule is CCN1CCOC(CN(C)C2(CN)CCCCCC2)C1. The highest BCUT2D eigenvalue weighted by Gasteiger charge is 2.35. The van der Waals surface area contributed by atoms with E-state index in [9.17, 15) is 0 Å². The van der Waals surface area contributed by atoms with Crippen LogP contribution in [-0.4, -0.2) is 67.8 Å². The van der Waals surface area contributed by atoms with E-state index in [2.05, 4.69) is 23.8 Å². The zero-order valence-electron chi connectivity index (χ0n) is 13.4. The van der Waals surface area contributed by atoms with E-state index in [4.69, 9.17) is 10.5 Å². The molecule has 1 heterocycles. The first-order valence-corrected chi connectivity index (χ1v) is 8.45. The molecular formula is C16H33N3O. The topological polar surface area (TPSA) is 41.7 Å². The van der Waals surface area contributed by atoms with Gasteiger partial charge in [0, 0.05) is 31.7 Å². The monoisotopic (exact) mass is 283 g/mol. The molecule has 2 fully saturated rings. The Hall–Kier alpha value is -0.160. The molecule has 4 nitrogen and oxygen atoms in total. The third kappa shape index (κ3) is 3.94. The number of rotatable bonds is 5. The molecule has 2 N–H and O–H groups in total. The minimum atomic E-state index is 0.217. The average molecular weight is 283 g/mol. The molecule has 0 spiro atoms. The largest absolute Gasteiger partial charge is 0.374 e. The van der Waals surface area contributed by atoms with Crippen molar-refractivity contribution < 1.29 is 4.74 Å². The van der Waals surface area contributed by atoms with Crippen LogP contribution >= 0.6 is 0 Å². The van der Waals surface area contributed by atoms with Gasteiger partial charge in [0.1, 0.15) is 0 Å². The van der Waals surface area contributed by atoms with Crippen LogP contribution in [0.5, 0.6) is 0 Å². The van der Waals surface area contributed by atoms with Crippen molar-refractivity contribution in [3.63, 3.8) is 0 Å². The van der Waals surface area contributed by atoms with E-state index in [1.54, 1.807) is 0 Å². The Morgan fingerprint density at radius 3 is 2.55 bits per heavy atom. The Bertz CT molecular complexity index is 277. The van der Waals surface area contributed by atoms with Gasteiger partial charge in [0.05, 0.1) is 12.7 Å². The van der Waals surface area contributed by atoms with Crippen LogP contribution in [0.25, 0.3) is 0 Å². The Balaban J connectivity index is 1.92. The number of likely N-dealkylation sites (N-methyl/N-ethyl adjacent to an activating group) is 2. The second-order valence-electron chi connectivity index (χ2n) is 6.61. The quantitative estimate of drug-likeness (QED) is 0.780. The van der Waals surface area contributed by atoms with Crippen LogP contribution in [0.2, 0.25) is 0 Å². The number of nitrogens with zero attached hydrogens (tertiary/aromatic N) is 2. The number of nitrogens with two attached hydrogens (primary N) is 1. The highest BCUT2D eigenvalue weighted by Crippen LogP contribution is 2.31. The van der Waals surface area contributed by atoms with Crippen molar-refractivity contribution in [1.29, 1.82) is 0 Å². The Morgan fingerprint density at radius 2 is 1.95 bits per heavy atom. The second kappa shape index (κ2) is 7.74. The van der Waals surface area contributed by atoms with Crippen LogP contribution in [0.1, 0.15) is 45.4 Å². The molecule has 118 valence electrons. The molecule has 1 aliphatic heterocycles. The molecule has 1 saturated heterocycles. The summed E-state index contributed by atoms with van der Waals surface area (Å²) in [6, 6.07) is 0. The Morgan fingerprint density at radius 1 is 1.25 bits per heavy atom. The lowest BCUT2D eigenvalue weighted by Crippen LogP contribution is -2.56. The minimum absolute atomic E-state index is 0.217. The van der Waals surface area contributed by atoms with Crippen molar-refractivity contribution in [2.45, 2.75) is 57.1 Å². The van der Waals surface area contributed by atoms with Gasteiger partial charge in [0.25, 0.3) is 0 Å².